The minimum absolute atomic E-state index is 0.0435. The molecule has 0 saturated heterocycles. The summed E-state index contributed by atoms with van der Waals surface area (Å²) < 4.78 is 5.44. The van der Waals surface area contributed by atoms with E-state index < -0.39 is 0 Å². The smallest absolute Gasteiger partial charge is 0.226 e. The van der Waals surface area contributed by atoms with Crippen LogP contribution in [0.1, 0.15) is 5.69 Å². The van der Waals surface area contributed by atoms with Crippen LogP contribution in [0.5, 0.6) is 0 Å². The average Bonchev–Trinajstić information content (AvgIpc) is 2.89. The number of oxazole rings is 1. The second-order valence-corrected chi connectivity index (χ2v) is 4.81. The van der Waals surface area contributed by atoms with Gasteiger partial charge in [0.15, 0.2) is 0 Å². The molecule has 0 unspecified atom stereocenters. The number of nitrogens with zero attached hydrogens (tertiary/aromatic N) is 2. The SMILES string of the molecule is OCCN(CCO)Cc1coc(-c2ccc(Cl)cc2)n1. The summed E-state index contributed by atoms with van der Waals surface area (Å²) >= 11 is 5.84. The van der Waals surface area contributed by atoms with E-state index in [9.17, 15) is 0 Å². The van der Waals surface area contributed by atoms with E-state index in [0.29, 0.717) is 30.5 Å². The number of hydrogen-bond acceptors (Lipinski definition) is 5. The maximum atomic E-state index is 8.97. The predicted molar refractivity (Wildman–Crippen MR) is 76.4 cm³/mol. The van der Waals surface area contributed by atoms with Crippen LogP contribution in [-0.2, 0) is 6.54 Å². The van der Waals surface area contributed by atoms with Gasteiger partial charge in [0.05, 0.1) is 18.9 Å². The second kappa shape index (κ2) is 7.40. The highest BCUT2D eigenvalue weighted by molar-refractivity contribution is 6.30. The van der Waals surface area contributed by atoms with Crippen LogP contribution in [0.15, 0.2) is 34.9 Å². The van der Waals surface area contributed by atoms with Gasteiger partial charge in [-0.15, -0.1) is 0 Å². The Morgan fingerprint density at radius 2 is 1.75 bits per heavy atom. The Balaban J connectivity index is 2.06. The fraction of sp³-hybridized carbons (Fsp3) is 0.357. The lowest BCUT2D eigenvalue weighted by Gasteiger charge is -2.18. The lowest BCUT2D eigenvalue weighted by Crippen LogP contribution is -2.29. The molecule has 0 aliphatic rings. The van der Waals surface area contributed by atoms with Crippen LogP contribution in [0.4, 0.5) is 0 Å². The first-order chi connectivity index (χ1) is 9.72. The van der Waals surface area contributed by atoms with Crippen molar-refractivity contribution in [2.75, 3.05) is 26.3 Å². The molecular formula is C14H17ClN2O3. The van der Waals surface area contributed by atoms with Crippen molar-refractivity contribution < 1.29 is 14.6 Å². The average molecular weight is 297 g/mol. The molecule has 0 fully saturated rings. The van der Waals surface area contributed by atoms with Crippen LogP contribution in [0.25, 0.3) is 11.5 Å². The summed E-state index contributed by atoms with van der Waals surface area (Å²) in [6.45, 7) is 1.59. The Bertz CT molecular complexity index is 521. The molecule has 5 nitrogen and oxygen atoms in total. The van der Waals surface area contributed by atoms with Crippen molar-refractivity contribution in [3.63, 3.8) is 0 Å². The van der Waals surface area contributed by atoms with E-state index in [-0.39, 0.29) is 13.2 Å². The van der Waals surface area contributed by atoms with Crippen molar-refractivity contribution >= 4 is 11.6 Å². The van der Waals surface area contributed by atoms with Crippen molar-refractivity contribution in [3.8, 4) is 11.5 Å². The van der Waals surface area contributed by atoms with Crippen LogP contribution in [0, 0.1) is 0 Å². The number of aromatic nitrogens is 1. The lowest BCUT2D eigenvalue weighted by molar-refractivity contribution is 0.154. The third kappa shape index (κ3) is 4.05. The highest BCUT2D eigenvalue weighted by atomic mass is 35.5. The van der Waals surface area contributed by atoms with Gasteiger partial charge < -0.3 is 14.6 Å². The van der Waals surface area contributed by atoms with Crippen molar-refractivity contribution in [2.24, 2.45) is 0 Å². The summed E-state index contributed by atoms with van der Waals surface area (Å²) in [5.74, 6) is 0.532. The topological polar surface area (TPSA) is 69.7 Å². The third-order valence-electron chi connectivity index (χ3n) is 2.86. The molecule has 108 valence electrons. The minimum Gasteiger partial charge on any atom is -0.444 e. The number of aliphatic hydroxyl groups is 2. The Morgan fingerprint density at radius 3 is 2.35 bits per heavy atom. The van der Waals surface area contributed by atoms with Crippen LogP contribution < -0.4 is 0 Å². The second-order valence-electron chi connectivity index (χ2n) is 4.37. The largest absolute Gasteiger partial charge is 0.444 e. The van der Waals surface area contributed by atoms with Gasteiger partial charge in [0.1, 0.15) is 6.26 Å². The molecule has 0 bridgehead atoms. The molecule has 0 aliphatic heterocycles. The third-order valence-corrected chi connectivity index (χ3v) is 3.11. The number of aliphatic hydroxyl groups excluding tert-OH is 2. The molecule has 1 heterocycles. The zero-order valence-electron chi connectivity index (χ0n) is 11.0. The van der Waals surface area contributed by atoms with Gasteiger partial charge in [-0.25, -0.2) is 4.98 Å². The van der Waals surface area contributed by atoms with Crippen LogP contribution in [-0.4, -0.2) is 46.4 Å². The predicted octanol–water partition coefficient (Wildman–Crippen LogP) is 1.78. The molecule has 0 amide bonds. The first-order valence-electron chi connectivity index (χ1n) is 6.37. The van der Waals surface area contributed by atoms with E-state index in [0.717, 1.165) is 11.3 Å². The van der Waals surface area contributed by atoms with Crippen LogP contribution in [0.2, 0.25) is 5.02 Å². The minimum atomic E-state index is 0.0435. The van der Waals surface area contributed by atoms with Crippen molar-refractivity contribution in [1.29, 1.82) is 0 Å². The van der Waals surface area contributed by atoms with E-state index in [2.05, 4.69) is 4.98 Å². The molecule has 2 N–H and O–H groups in total. The summed E-state index contributed by atoms with van der Waals surface area (Å²) in [5, 5.41) is 18.6. The summed E-state index contributed by atoms with van der Waals surface area (Å²) in [7, 11) is 0. The fourth-order valence-electron chi connectivity index (χ4n) is 1.89. The van der Waals surface area contributed by atoms with Gasteiger partial charge in [-0.3, -0.25) is 4.90 Å². The van der Waals surface area contributed by atoms with Crippen molar-refractivity contribution in [1.82, 2.24) is 9.88 Å². The Kier molecular flexibility index (Phi) is 5.55. The summed E-state index contributed by atoms with van der Waals surface area (Å²) in [6.07, 6.45) is 1.59. The van der Waals surface area contributed by atoms with Gasteiger partial charge in [0.2, 0.25) is 5.89 Å². The molecule has 0 spiro atoms. The number of halogens is 1. The van der Waals surface area contributed by atoms with Crippen molar-refractivity contribution in [2.45, 2.75) is 6.54 Å². The van der Waals surface area contributed by atoms with Gasteiger partial charge in [-0.1, -0.05) is 11.6 Å². The van der Waals surface area contributed by atoms with E-state index >= 15 is 0 Å². The monoisotopic (exact) mass is 296 g/mol. The molecule has 0 radical (unpaired) electrons. The number of benzene rings is 1. The lowest BCUT2D eigenvalue weighted by atomic mass is 10.2. The van der Waals surface area contributed by atoms with Gasteiger partial charge in [0, 0.05) is 30.2 Å². The highest BCUT2D eigenvalue weighted by Gasteiger charge is 2.10. The number of rotatable bonds is 7. The summed E-state index contributed by atoms with van der Waals surface area (Å²) in [4.78, 5) is 6.31. The van der Waals surface area contributed by atoms with Gasteiger partial charge in [-0.2, -0.15) is 0 Å². The molecular weight excluding hydrogens is 280 g/mol. The molecule has 0 saturated carbocycles. The first-order valence-corrected chi connectivity index (χ1v) is 6.75. The molecule has 1 aromatic carbocycles. The zero-order valence-corrected chi connectivity index (χ0v) is 11.8. The van der Waals surface area contributed by atoms with E-state index in [1.165, 1.54) is 0 Å². The molecule has 2 aromatic rings. The van der Waals surface area contributed by atoms with Gasteiger partial charge >= 0.3 is 0 Å². The summed E-state index contributed by atoms with van der Waals surface area (Å²) in [6, 6.07) is 7.25. The van der Waals surface area contributed by atoms with Gasteiger partial charge in [-0.05, 0) is 24.3 Å². The van der Waals surface area contributed by atoms with Crippen LogP contribution in [0.3, 0.4) is 0 Å². The van der Waals surface area contributed by atoms with Crippen molar-refractivity contribution in [3.05, 3.63) is 41.2 Å². The zero-order chi connectivity index (χ0) is 14.4. The van der Waals surface area contributed by atoms with Crippen LogP contribution >= 0.6 is 11.6 Å². The molecule has 0 aliphatic carbocycles. The highest BCUT2D eigenvalue weighted by Crippen LogP contribution is 2.21. The summed E-state index contributed by atoms with van der Waals surface area (Å²) in [5.41, 5.74) is 1.62. The quantitative estimate of drug-likeness (QED) is 0.815. The molecule has 20 heavy (non-hydrogen) atoms. The molecule has 0 atom stereocenters. The fourth-order valence-corrected chi connectivity index (χ4v) is 2.01. The maximum Gasteiger partial charge on any atom is 0.226 e. The molecule has 1 aromatic heterocycles. The normalized spacial score (nSPS) is 11.2. The number of hydrogen-bond donors (Lipinski definition) is 2. The standard InChI is InChI=1S/C14H17ClN2O3/c15-12-3-1-11(2-4-12)14-16-13(10-20-14)9-17(5-7-18)6-8-19/h1-4,10,18-19H,5-9H2. The van der Waals surface area contributed by atoms with E-state index in [1.807, 2.05) is 17.0 Å². The Labute approximate surface area is 122 Å². The van der Waals surface area contributed by atoms with E-state index in [1.54, 1.807) is 18.4 Å². The maximum absolute atomic E-state index is 8.97. The van der Waals surface area contributed by atoms with Gasteiger partial charge in [0.25, 0.3) is 0 Å². The van der Waals surface area contributed by atoms with E-state index in [4.69, 9.17) is 26.2 Å². The first kappa shape index (κ1) is 15.0. The molecule has 2 rings (SSSR count). The molecule has 6 heteroatoms. The Hall–Kier alpha value is -1.40. The Morgan fingerprint density at radius 1 is 1.10 bits per heavy atom.